The number of aryl methyl sites for hydroxylation is 2. The van der Waals surface area contributed by atoms with Crippen molar-refractivity contribution in [1.29, 1.82) is 0 Å². The second-order valence-corrected chi connectivity index (χ2v) is 5.29. The summed E-state index contributed by atoms with van der Waals surface area (Å²) in [6.07, 6.45) is 0. The van der Waals surface area contributed by atoms with Gasteiger partial charge in [0.05, 0.1) is 15.8 Å². The Kier molecular flexibility index (Phi) is 3.51. The minimum Gasteiger partial charge on any atom is -0.264 e. The molecular weight excluding hydrogens is 330 g/mol. The maximum absolute atomic E-state index is 13.0. The molecule has 0 unspecified atom stereocenters. The summed E-state index contributed by atoms with van der Waals surface area (Å²) in [6.45, 7) is 6.68. The third kappa shape index (κ3) is 2.51. The summed E-state index contributed by atoms with van der Waals surface area (Å²) in [7, 11) is 0. The molecule has 0 bridgehead atoms. The lowest BCUT2D eigenvalue weighted by atomic mass is 10.1. The Bertz CT molecular complexity index is 561. The van der Waals surface area contributed by atoms with Crippen LogP contribution in [0, 0.1) is 30.2 Å². The number of hydrogen-bond donors (Lipinski definition) is 0. The molecule has 0 radical (unpaired) electrons. The Morgan fingerprint density at radius 2 is 2.00 bits per heavy atom. The highest BCUT2D eigenvalue weighted by Crippen LogP contribution is 2.18. The van der Waals surface area contributed by atoms with Crippen LogP contribution in [0.1, 0.15) is 22.5 Å². The Morgan fingerprint density at radius 1 is 1.29 bits per heavy atom. The van der Waals surface area contributed by atoms with Crippen molar-refractivity contribution < 1.29 is 4.39 Å². The summed E-state index contributed by atoms with van der Waals surface area (Å²) in [4.78, 5) is 0. The average molecular weight is 344 g/mol. The number of rotatable bonds is 2. The van der Waals surface area contributed by atoms with Gasteiger partial charge in [-0.25, -0.2) is 4.39 Å². The molecular formula is C13H14FIN2. The zero-order valence-electron chi connectivity index (χ0n) is 10.1. The van der Waals surface area contributed by atoms with Crippen LogP contribution in [-0.4, -0.2) is 9.78 Å². The average Bonchev–Trinajstić information content (AvgIpc) is 2.50. The largest absolute Gasteiger partial charge is 0.264 e. The smallest absolute Gasteiger partial charge is 0.123 e. The minimum absolute atomic E-state index is 0.186. The fourth-order valence-electron chi connectivity index (χ4n) is 1.83. The van der Waals surface area contributed by atoms with Crippen LogP contribution in [0.25, 0.3) is 0 Å². The van der Waals surface area contributed by atoms with Crippen molar-refractivity contribution in [2.75, 3.05) is 0 Å². The first-order valence-electron chi connectivity index (χ1n) is 5.43. The van der Waals surface area contributed by atoms with Gasteiger partial charge in [-0.1, -0.05) is 6.07 Å². The summed E-state index contributed by atoms with van der Waals surface area (Å²) >= 11 is 2.30. The van der Waals surface area contributed by atoms with E-state index < -0.39 is 0 Å². The lowest BCUT2D eigenvalue weighted by Crippen LogP contribution is -2.05. The molecule has 4 heteroatoms. The molecule has 1 aromatic carbocycles. The van der Waals surface area contributed by atoms with E-state index in [4.69, 9.17) is 0 Å². The highest BCUT2D eigenvalue weighted by Gasteiger charge is 2.09. The molecule has 17 heavy (non-hydrogen) atoms. The Morgan fingerprint density at radius 3 is 2.53 bits per heavy atom. The first kappa shape index (κ1) is 12.5. The highest BCUT2D eigenvalue weighted by molar-refractivity contribution is 14.1. The molecule has 0 N–H and O–H groups in total. The van der Waals surface area contributed by atoms with Gasteiger partial charge in [0, 0.05) is 5.69 Å². The van der Waals surface area contributed by atoms with Gasteiger partial charge in [0.2, 0.25) is 0 Å². The van der Waals surface area contributed by atoms with Gasteiger partial charge in [0.25, 0.3) is 0 Å². The summed E-state index contributed by atoms with van der Waals surface area (Å²) in [5, 5.41) is 4.48. The topological polar surface area (TPSA) is 17.8 Å². The molecule has 0 fully saturated rings. The van der Waals surface area contributed by atoms with Crippen molar-refractivity contribution in [2.24, 2.45) is 0 Å². The molecule has 0 saturated heterocycles. The van der Waals surface area contributed by atoms with Crippen molar-refractivity contribution in [3.8, 4) is 0 Å². The second-order valence-electron chi connectivity index (χ2n) is 4.21. The third-order valence-corrected chi connectivity index (χ3v) is 4.48. The van der Waals surface area contributed by atoms with Crippen LogP contribution >= 0.6 is 22.6 Å². The lowest BCUT2D eigenvalue weighted by Gasteiger charge is -2.08. The first-order chi connectivity index (χ1) is 7.99. The Balaban J connectivity index is 2.34. The van der Waals surface area contributed by atoms with Gasteiger partial charge in [-0.2, -0.15) is 5.10 Å². The molecule has 1 heterocycles. The highest BCUT2D eigenvalue weighted by atomic mass is 127. The number of halogens is 2. The van der Waals surface area contributed by atoms with E-state index >= 15 is 0 Å². The monoisotopic (exact) mass is 344 g/mol. The van der Waals surface area contributed by atoms with Crippen molar-refractivity contribution in [3.63, 3.8) is 0 Å². The number of benzene rings is 1. The number of hydrogen-bond acceptors (Lipinski definition) is 1. The molecule has 0 aliphatic carbocycles. The molecule has 90 valence electrons. The zero-order valence-corrected chi connectivity index (χ0v) is 12.2. The number of nitrogens with zero attached hydrogens (tertiary/aromatic N) is 2. The van der Waals surface area contributed by atoms with E-state index in [1.165, 1.54) is 9.64 Å². The lowest BCUT2D eigenvalue weighted by molar-refractivity contribution is 0.620. The van der Waals surface area contributed by atoms with E-state index in [2.05, 4.69) is 34.6 Å². The van der Waals surface area contributed by atoms with E-state index in [0.717, 1.165) is 22.5 Å². The van der Waals surface area contributed by atoms with E-state index in [9.17, 15) is 4.39 Å². The molecule has 2 rings (SSSR count). The van der Waals surface area contributed by atoms with E-state index in [0.29, 0.717) is 6.54 Å². The van der Waals surface area contributed by atoms with Crippen molar-refractivity contribution in [3.05, 3.63) is 50.1 Å². The fraction of sp³-hybridized carbons (Fsp3) is 0.308. The third-order valence-electron chi connectivity index (χ3n) is 2.92. The van der Waals surface area contributed by atoms with E-state index in [1.807, 2.05) is 24.6 Å². The van der Waals surface area contributed by atoms with Gasteiger partial charge in [0.1, 0.15) is 5.82 Å². The molecule has 0 saturated carbocycles. The standard InChI is InChI=1S/C13H14FIN2/c1-8-6-12(14)5-4-11(8)7-17-10(3)13(15)9(2)16-17/h4-6H,7H2,1-3H3. The molecule has 0 aliphatic heterocycles. The van der Waals surface area contributed by atoms with Crippen LogP contribution in [0.4, 0.5) is 4.39 Å². The van der Waals surface area contributed by atoms with Gasteiger partial charge >= 0.3 is 0 Å². The summed E-state index contributed by atoms with van der Waals surface area (Å²) in [6, 6.07) is 4.89. The number of aromatic nitrogens is 2. The van der Waals surface area contributed by atoms with E-state index in [-0.39, 0.29) is 5.82 Å². The fourth-order valence-corrected chi connectivity index (χ4v) is 2.21. The Hall–Kier alpha value is -0.910. The van der Waals surface area contributed by atoms with Crippen molar-refractivity contribution >= 4 is 22.6 Å². The molecule has 0 atom stereocenters. The minimum atomic E-state index is -0.186. The molecule has 2 nitrogen and oxygen atoms in total. The Labute approximate surface area is 114 Å². The van der Waals surface area contributed by atoms with Gasteiger partial charge in [-0.3, -0.25) is 4.68 Å². The zero-order chi connectivity index (χ0) is 12.6. The maximum atomic E-state index is 13.0. The van der Waals surface area contributed by atoms with Crippen LogP contribution in [0.2, 0.25) is 0 Å². The molecule has 1 aromatic heterocycles. The molecule has 0 spiro atoms. The van der Waals surface area contributed by atoms with Crippen LogP contribution < -0.4 is 0 Å². The normalized spacial score (nSPS) is 10.9. The second kappa shape index (κ2) is 4.76. The van der Waals surface area contributed by atoms with Crippen LogP contribution in [0.3, 0.4) is 0 Å². The molecule has 0 aliphatic rings. The van der Waals surface area contributed by atoms with Crippen molar-refractivity contribution in [2.45, 2.75) is 27.3 Å². The quantitative estimate of drug-likeness (QED) is 0.762. The van der Waals surface area contributed by atoms with Gasteiger partial charge in [-0.05, 0) is 66.6 Å². The predicted octanol–water partition coefficient (Wildman–Crippen LogP) is 3.60. The summed E-state index contributed by atoms with van der Waals surface area (Å²) in [5.74, 6) is -0.186. The summed E-state index contributed by atoms with van der Waals surface area (Å²) < 4.78 is 16.2. The first-order valence-corrected chi connectivity index (χ1v) is 6.51. The van der Waals surface area contributed by atoms with Crippen LogP contribution in [0.5, 0.6) is 0 Å². The molecule has 0 amide bonds. The SMILES string of the molecule is Cc1cc(F)ccc1Cn1nc(C)c(I)c1C. The summed E-state index contributed by atoms with van der Waals surface area (Å²) in [5.41, 5.74) is 4.27. The molecule has 2 aromatic rings. The van der Waals surface area contributed by atoms with Gasteiger partial charge in [-0.15, -0.1) is 0 Å². The predicted molar refractivity (Wildman–Crippen MR) is 74.7 cm³/mol. The van der Waals surface area contributed by atoms with Crippen molar-refractivity contribution in [1.82, 2.24) is 9.78 Å². The van der Waals surface area contributed by atoms with E-state index in [1.54, 1.807) is 6.07 Å². The van der Waals surface area contributed by atoms with Gasteiger partial charge < -0.3 is 0 Å². The van der Waals surface area contributed by atoms with Gasteiger partial charge in [0.15, 0.2) is 0 Å². The van der Waals surface area contributed by atoms with Crippen LogP contribution in [-0.2, 0) is 6.54 Å². The maximum Gasteiger partial charge on any atom is 0.123 e. The van der Waals surface area contributed by atoms with Crippen LogP contribution in [0.15, 0.2) is 18.2 Å².